The van der Waals surface area contributed by atoms with Gasteiger partial charge in [0.15, 0.2) is 5.78 Å². The average molecular weight is 359 g/mol. The number of rotatable bonds is 4. The third kappa shape index (κ3) is 2.51. The van der Waals surface area contributed by atoms with Gasteiger partial charge in [-0.3, -0.25) is 4.79 Å². The number of Topliss-reactive ketones (excluding diaryl/α,β-unsaturated/α-hetero) is 1. The molecule has 0 unspecified atom stereocenters. The third-order valence-electron chi connectivity index (χ3n) is 7.53. The van der Waals surface area contributed by atoms with Crippen molar-refractivity contribution >= 4 is 29.0 Å². The molecule has 0 N–H and O–H groups in total. The molecule has 0 aromatic heterocycles. The van der Waals surface area contributed by atoms with Crippen LogP contribution >= 0.6 is 23.2 Å². The van der Waals surface area contributed by atoms with E-state index in [1.165, 1.54) is 25.7 Å². The van der Waals surface area contributed by atoms with E-state index in [0.717, 1.165) is 63.2 Å². The van der Waals surface area contributed by atoms with Gasteiger partial charge in [-0.05, 0) is 63.2 Å². The van der Waals surface area contributed by atoms with Crippen LogP contribution in [0.15, 0.2) is 0 Å². The predicted molar refractivity (Wildman–Crippen MR) is 98.0 cm³/mol. The molecule has 0 amide bonds. The van der Waals surface area contributed by atoms with Gasteiger partial charge in [0, 0.05) is 0 Å². The van der Waals surface area contributed by atoms with E-state index in [1.807, 2.05) is 0 Å². The highest BCUT2D eigenvalue weighted by molar-refractivity contribution is 6.55. The summed E-state index contributed by atoms with van der Waals surface area (Å²) in [5.74, 6) is 1.97. The lowest BCUT2D eigenvalue weighted by molar-refractivity contribution is -0.172. The van der Waals surface area contributed by atoms with E-state index in [1.54, 1.807) is 0 Å². The van der Waals surface area contributed by atoms with Crippen molar-refractivity contribution in [1.29, 1.82) is 0 Å². The highest BCUT2D eigenvalue weighted by Crippen LogP contribution is 2.74. The number of carbonyl (C=O) groups is 1. The fraction of sp³-hybridized carbons (Fsp3) is 0.950. The Morgan fingerprint density at radius 2 is 1.39 bits per heavy atom. The Morgan fingerprint density at radius 3 is 1.78 bits per heavy atom. The van der Waals surface area contributed by atoms with Gasteiger partial charge in [-0.1, -0.05) is 62.7 Å². The molecule has 132 valence electrons. The van der Waals surface area contributed by atoms with Crippen molar-refractivity contribution in [1.82, 2.24) is 0 Å². The summed E-state index contributed by atoms with van der Waals surface area (Å²) >= 11 is 13.9. The van der Waals surface area contributed by atoms with E-state index in [4.69, 9.17) is 23.2 Å². The molecule has 23 heavy (non-hydrogen) atoms. The quantitative estimate of drug-likeness (QED) is 0.511. The Hall–Kier alpha value is 0.250. The number of hydrogen-bond acceptors (Lipinski definition) is 1. The van der Waals surface area contributed by atoms with Gasteiger partial charge in [0.05, 0.1) is 10.8 Å². The van der Waals surface area contributed by atoms with Crippen LogP contribution < -0.4 is 0 Å². The van der Waals surface area contributed by atoms with Gasteiger partial charge in [-0.25, -0.2) is 0 Å². The second kappa shape index (κ2) is 6.52. The Kier molecular flexibility index (Phi) is 5.12. The normalized spacial score (nSPS) is 42.9. The molecule has 0 aromatic rings. The highest BCUT2D eigenvalue weighted by atomic mass is 35.5. The summed E-state index contributed by atoms with van der Waals surface area (Å²) in [5.41, 5.74) is -0.837. The van der Waals surface area contributed by atoms with Crippen molar-refractivity contribution in [3.05, 3.63) is 0 Å². The number of halogens is 2. The predicted octanol–water partition coefficient (Wildman–Crippen LogP) is 6.70. The first-order chi connectivity index (χ1) is 10.9. The lowest BCUT2D eigenvalue weighted by Crippen LogP contribution is -2.74. The molecule has 3 saturated carbocycles. The molecule has 3 aliphatic carbocycles. The largest absolute Gasteiger partial charge is 0.298 e. The van der Waals surface area contributed by atoms with Crippen LogP contribution in [-0.4, -0.2) is 10.1 Å². The monoisotopic (exact) mass is 358 g/mol. The standard InChI is InChI=1S/C20H32Cl2O/c1-3-5-6-16-9-13-19(14-10-16)17(23)18(20(19,21)22)11-7-15(4-2)8-12-18/h15-16H,3-14H2,1-2H3. The molecular formula is C20H32Cl2O. The SMILES string of the molecule is CCCCC1CCC2(CC1)C(=O)C1(CCC(CC)CC1)C2(Cl)Cl. The molecule has 0 aliphatic heterocycles. The third-order valence-corrected chi connectivity index (χ3v) is 8.98. The molecule has 0 saturated heterocycles. The zero-order valence-electron chi connectivity index (χ0n) is 14.8. The maximum absolute atomic E-state index is 13.3. The first kappa shape index (κ1) is 18.1. The maximum atomic E-state index is 13.3. The average Bonchev–Trinajstić information content (AvgIpc) is 2.59. The first-order valence-corrected chi connectivity index (χ1v) is 10.6. The lowest BCUT2D eigenvalue weighted by Gasteiger charge is -2.67. The van der Waals surface area contributed by atoms with Gasteiger partial charge in [-0.2, -0.15) is 0 Å². The minimum atomic E-state index is -0.814. The zero-order chi connectivity index (χ0) is 16.7. The lowest BCUT2D eigenvalue weighted by atomic mass is 9.42. The highest BCUT2D eigenvalue weighted by Gasteiger charge is 2.78. The number of unbranched alkanes of at least 4 members (excludes halogenated alkanes) is 1. The van der Waals surface area contributed by atoms with Gasteiger partial charge < -0.3 is 0 Å². The molecule has 0 atom stereocenters. The summed E-state index contributed by atoms with van der Waals surface area (Å²) in [6, 6.07) is 0. The van der Waals surface area contributed by atoms with E-state index in [9.17, 15) is 4.79 Å². The van der Waals surface area contributed by atoms with E-state index in [0.29, 0.717) is 5.78 Å². The summed E-state index contributed by atoms with van der Waals surface area (Å²) in [6.45, 7) is 4.50. The maximum Gasteiger partial charge on any atom is 0.151 e. The van der Waals surface area contributed by atoms with Gasteiger partial charge in [0.1, 0.15) is 4.33 Å². The minimum absolute atomic E-state index is 0.419. The Morgan fingerprint density at radius 1 is 0.913 bits per heavy atom. The molecule has 3 heteroatoms. The minimum Gasteiger partial charge on any atom is -0.298 e. The van der Waals surface area contributed by atoms with Crippen LogP contribution in [0, 0.1) is 22.7 Å². The van der Waals surface area contributed by atoms with Crippen LogP contribution in [0.1, 0.15) is 90.9 Å². The molecule has 3 fully saturated rings. The smallest absolute Gasteiger partial charge is 0.151 e. The summed E-state index contributed by atoms with van der Waals surface area (Å²) in [6.07, 6.45) is 13.3. The number of hydrogen-bond donors (Lipinski definition) is 0. The van der Waals surface area contributed by atoms with Crippen molar-refractivity contribution in [2.75, 3.05) is 0 Å². The molecule has 3 rings (SSSR count). The van der Waals surface area contributed by atoms with Gasteiger partial charge in [-0.15, -0.1) is 0 Å². The molecule has 1 nitrogen and oxygen atoms in total. The van der Waals surface area contributed by atoms with Crippen LogP contribution in [-0.2, 0) is 4.79 Å². The van der Waals surface area contributed by atoms with Crippen molar-refractivity contribution in [2.24, 2.45) is 22.7 Å². The van der Waals surface area contributed by atoms with Crippen LogP contribution in [0.4, 0.5) is 0 Å². The number of alkyl halides is 2. The van der Waals surface area contributed by atoms with Crippen LogP contribution in [0.3, 0.4) is 0 Å². The van der Waals surface area contributed by atoms with Gasteiger partial charge in [0.2, 0.25) is 0 Å². The summed E-state index contributed by atoms with van der Waals surface area (Å²) < 4.78 is -0.814. The molecular weight excluding hydrogens is 327 g/mol. The van der Waals surface area contributed by atoms with Crippen LogP contribution in [0.25, 0.3) is 0 Å². The Bertz CT molecular complexity index is 441. The van der Waals surface area contributed by atoms with Crippen LogP contribution in [0.2, 0.25) is 0 Å². The molecule has 2 spiro atoms. The van der Waals surface area contributed by atoms with Gasteiger partial charge in [0.25, 0.3) is 0 Å². The van der Waals surface area contributed by atoms with Crippen molar-refractivity contribution in [3.8, 4) is 0 Å². The fourth-order valence-electron chi connectivity index (χ4n) is 5.75. The Labute approximate surface area is 151 Å². The molecule has 3 aliphatic rings. The van der Waals surface area contributed by atoms with Crippen LogP contribution in [0.5, 0.6) is 0 Å². The summed E-state index contributed by atoms with van der Waals surface area (Å²) in [4.78, 5) is 13.3. The number of carbonyl (C=O) groups excluding carboxylic acids is 1. The molecule has 0 radical (unpaired) electrons. The van der Waals surface area contributed by atoms with Crippen molar-refractivity contribution in [2.45, 2.75) is 95.2 Å². The van der Waals surface area contributed by atoms with E-state index < -0.39 is 15.2 Å². The topological polar surface area (TPSA) is 17.1 Å². The summed E-state index contributed by atoms with van der Waals surface area (Å²) in [5, 5.41) is 0. The molecule has 0 bridgehead atoms. The number of ketones is 1. The van der Waals surface area contributed by atoms with E-state index in [2.05, 4.69) is 13.8 Å². The zero-order valence-corrected chi connectivity index (χ0v) is 16.3. The summed E-state index contributed by atoms with van der Waals surface area (Å²) in [7, 11) is 0. The Balaban J connectivity index is 1.69. The fourth-order valence-corrected chi connectivity index (χ4v) is 6.85. The first-order valence-electron chi connectivity index (χ1n) is 9.86. The second-order valence-electron chi connectivity index (χ2n) is 8.50. The van der Waals surface area contributed by atoms with E-state index >= 15 is 0 Å². The van der Waals surface area contributed by atoms with Crippen molar-refractivity contribution < 1.29 is 4.79 Å². The second-order valence-corrected chi connectivity index (χ2v) is 9.83. The molecule has 0 heterocycles. The van der Waals surface area contributed by atoms with Crippen molar-refractivity contribution in [3.63, 3.8) is 0 Å². The van der Waals surface area contributed by atoms with E-state index in [-0.39, 0.29) is 0 Å². The van der Waals surface area contributed by atoms with Gasteiger partial charge >= 0.3 is 0 Å². The molecule has 0 aromatic carbocycles.